The Labute approximate surface area is 295 Å². The topological polar surface area (TPSA) is 84.5 Å². The smallest absolute Gasteiger partial charge is 0.282 e. The summed E-state index contributed by atoms with van der Waals surface area (Å²) in [5.74, 6) is 0.643. The lowest BCUT2D eigenvalue weighted by molar-refractivity contribution is 0.135. The highest BCUT2D eigenvalue weighted by Gasteiger charge is 2.37. The van der Waals surface area contributed by atoms with Gasteiger partial charge in [0.25, 0.3) is 10.2 Å². The maximum absolute atomic E-state index is 14.4. The summed E-state index contributed by atoms with van der Waals surface area (Å²) in [6.45, 7) is 10.8. The molecule has 0 spiro atoms. The molecule has 0 amide bonds. The molecule has 2 aliphatic heterocycles. The zero-order valence-corrected chi connectivity index (χ0v) is 31.9. The maximum atomic E-state index is 14.4. The summed E-state index contributed by atoms with van der Waals surface area (Å²) in [5.41, 5.74) is 3.01. The Balaban J connectivity index is 1.44. The third kappa shape index (κ3) is 9.33. The average molecular weight is 722 g/mol. The number of rotatable bonds is 7. The molecule has 2 aromatic carbocycles. The lowest BCUT2D eigenvalue weighted by Crippen LogP contribution is -2.51. The van der Waals surface area contributed by atoms with E-state index in [2.05, 4.69) is 18.7 Å². The van der Waals surface area contributed by atoms with Gasteiger partial charge in [0, 0.05) is 83.7 Å². The van der Waals surface area contributed by atoms with Crippen LogP contribution in [0.15, 0.2) is 47.4 Å². The normalized spacial score (nSPS) is 25.6. The van der Waals surface area contributed by atoms with Gasteiger partial charge in [0.05, 0.1) is 4.90 Å². The van der Waals surface area contributed by atoms with Gasteiger partial charge in [0.1, 0.15) is 0 Å². The number of hydrogen-bond acceptors (Lipinski definition) is 6. The van der Waals surface area contributed by atoms with E-state index in [0.29, 0.717) is 43.5 Å². The monoisotopic (exact) mass is 721 g/mol. The van der Waals surface area contributed by atoms with Gasteiger partial charge in [-0.05, 0) is 90.5 Å². The van der Waals surface area contributed by atoms with E-state index in [0.717, 1.165) is 36.4 Å². The van der Waals surface area contributed by atoms with Gasteiger partial charge < -0.3 is 9.80 Å². The van der Waals surface area contributed by atoms with Gasteiger partial charge in [-0.15, -0.1) is 0 Å². The van der Waals surface area contributed by atoms with Crippen LogP contribution in [0.4, 0.5) is 5.69 Å². The lowest BCUT2D eigenvalue weighted by atomic mass is 9.88. The molecule has 48 heavy (non-hydrogen) atoms. The van der Waals surface area contributed by atoms with E-state index < -0.39 is 20.2 Å². The molecule has 5 rings (SSSR count). The standard InChI is InChI=1S/C36H56ClN5O4S2/c1-28-20-39(26-31-9-7-6-8-10-31)21-29(2)24-42(48(45,46)40-18-17-32-19-34(37)12-11-33(32)27-40)25-30(3)23-41(22-28)47(43,44)36-15-13-35(14-16-36)38(4)5/h11-16,19,28-31H,6-10,17-18,20-27H2,1-5H3/t28-,29-,30+/m1/s1. The van der Waals surface area contributed by atoms with Gasteiger partial charge in [-0.3, -0.25) is 0 Å². The summed E-state index contributed by atoms with van der Waals surface area (Å²) >= 11 is 6.24. The highest BCUT2D eigenvalue weighted by molar-refractivity contribution is 7.89. The predicted octanol–water partition coefficient (Wildman–Crippen LogP) is 5.81. The number of anilines is 1. The van der Waals surface area contributed by atoms with Crippen molar-refractivity contribution >= 4 is 37.5 Å². The summed E-state index contributed by atoms with van der Waals surface area (Å²) in [6, 6.07) is 12.7. The SMILES string of the molecule is C[C@@H]1CN(CC2CCCCC2)C[C@@H](C)CN(S(=O)(=O)N2CCc3cc(Cl)ccc3C2)C[C@@H](C)CN(S(=O)(=O)c2ccc(N(C)C)cc2)C1. The number of sulfonamides is 1. The number of benzene rings is 2. The van der Waals surface area contributed by atoms with Crippen LogP contribution in [0.2, 0.25) is 5.02 Å². The first-order valence-corrected chi connectivity index (χ1v) is 21.0. The third-order valence-electron chi connectivity index (χ3n) is 10.2. The second-order valence-electron chi connectivity index (χ2n) is 15.1. The molecule has 268 valence electrons. The molecule has 1 aliphatic carbocycles. The van der Waals surface area contributed by atoms with Gasteiger partial charge in [-0.25, -0.2) is 8.42 Å². The predicted molar refractivity (Wildman–Crippen MR) is 196 cm³/mol. The lowest BCUT2D eigenvalue weighted by Gasteiger charge is -2.39. The first-order valence-electron chi connectivity index (χ1n) is 17.7. The molecule has 2 aromatic rings. The molecular weight excluding hydrogens is 666 g/mol. The molecule has 2 fully saturated rings. The Bertz CT molecular complexity index is 1580. The molecule has 0 bridgehead atoms. The Morgan fingerprint density at radius 3 is 1.92 bits per heavy atom. The third-order valence-corrected chi connectivity index (χ3v) is 14.2. The number of hydrogen-bond donors (Lipinski definition) is 0. The molecule has 0 unspecified atom stereocenters. The van der Waals surface area contributed by atoms with Crippen LogP contribution in [0.1, 0.15) is 64.0 Å². The first-order chi connectivity index (χ1) is 22.7. The Morgan fingerprint density at radius 2 is 1.31 bits per heavy atom. The minimum Gasteiger partial charge on any atom is -0.378 e. The summed E-state index contributed by atoms with van der Waals surface area (Å²) in [5, 5.41) is 0.663. The van der Waals surface area contributed by atoms with Crippen molar-refractivity contribution < 1.29 is 16.8 Å². The van der Waals surface area contributed by atoms with E-state index in [1.807, 2.05) is 56.3 Å². The summed E-state index contributed by atoms with van der Waals surface area (Å²) < 4.78 is 62.2. The minimum atomic E-state index is -3.82. The molecule has 0 radical (unpaired) electrons. The van der Waals surface area contributed by atoms with E-state index in [-0.39, 0.29) is 35.7 Å². The molecule has 12 heteroatoms. The fourth-order valence-electron chi connectivity index (χ4n) is 7.86. The number of nitrogens with zero attached hydrogens (tertiary/aromatic N) is 5. The maximum Gasteiger partial charge on any atom is 0.282 e. The van der Waals surface area contributed by atoms with Crippen molar-refractivity contribution in [3.63, 3.8) is 0 Å². The number of fused-ring (bicyclic) bond motifs is 1. The van der Waals surface area contributed by atoms with Crippen molar-refractivity contribution in [3.05, 3.63) is 58.6 Å². The molecule has 2 heterocycles. The van der Waals surface area contributed by atoms with Gasteiger partial charge in [-0.2, -0.15) is 21.3 Å². The molecule has 3 aliphatic rings. The second-order valence-corrected chi connectivity index (χ2v) is 19.4. The Hall–Kier alpha value is -1.73. The van der Waals surface area contributed by atoms with E-state index in [4.69, 9.17) is 11.6 Å². The van der Waals surface area contributed by atoms with Crippen molar-refractivity contribution in [2.24, 2.45) is 23.7 Å². The molecule has 1 saturated heterocycles. The molecule has 9 nitrogen and oxygen atoms in total. The van der Waals surface area contributed by atoms with E-state index in [1.165, 1.54) is 32.1 Å². The van der Waals surface area contributed by atoms with Crippen molar-refractivity contribution in [1.82, 2.24) is 17.8 Å². The van der Waals surface area contributed by atoms with Crippen LogP contribution in [0.3, 0.4) is 0 Å². The van der Waals surface area contributed by atoms with Crippen LogP contribution in [0, 0.1) is 23.7 Å². The molecular formula is C36H56ClN5O4S2. The van der Waals surface area contributed by atoms with Crippen LogP contribution in [0.25, 0.3) is 0 Å². The average Bonchev–Trinajstić information content (AvgIpc) is 3.03. The quantitative estimate of drug-likeness (QED) is 0.359. The molecule has 0 N–H and O–H groups in total. The van der Waals surface area contributed by atoms with E-state index in [9.17, 15) is 16.8 Å². The fourth-order valence-corrected chi connectivity index (χ4v) is 11.6. The molecule has 3 atom stereocenters. The fraction of sp³-hybridized carbons (Fsp3) is 0.667. The van der Waals surface area contributed by atoms with Crippen molar-refractivity contribution in [1.29, 1.82) is 0 Å². The van der Waals surface area contributed by atoms with Crippen molar-refractivity contribution in [3.8, 4) is 0 Å². The van der Waals surface area contributed by atoms with Crippen LogP contribution >= 0.6 is 11.6 Å². The summed E-state index contributed by atoms with van der Waals surface area (Å²) in [4.78, 5) is 4.71. The summed E-state index contributed by atoms with van der Waals surface area (Å²) in [7, 11) is -3.78. The van der Waals surface area contributed by atoms with Gasteiger partial charge in [0.2, 0.25) is 10.0 Å². The molecule has 1 saturated carbocycles. The zero-order chi connectivity index (χ0) is 34.6. The Morgan fingerprint density at radius 1 is 0.729 bits per heavy atom. The van der Waals surface area contributed by atoms with Crippen molar-refractivity contribution in [2.75, 3.05) is 71.4 Å². The summed E-state index contributed by atoms with van der Waals surface area (Å²) in [6.07, 6.45) is 6.88. The van der Waals surface area contributed by atoms with E-state index >= 15 is 0 Å². The highest BCUT2D eigenvalue weighted by atomic mass is 35.5. The largest absolute Gasteiger partial charge is 0.378 e. The first kappa shape index (κ1) is 37.5. The second kappa shape index (κ2) is 16.1. The van der Waals surface area contributed by atoms with Gasteiger partial charge in [0.15, 0.2) is 0 Å². The van der Waals surface area contributed by atoms with Crippen molar-refractivity contribution in [2.45, 2.75) is 70.7 Å². The van der Waals surface area contributed by atoms with Crippen LogP contribution in [-0.4, -0.2) is 101 Å². The number of halogens is 1. The zero-order valence-electron chi connectivity index (χ0n) is 29.5. The van der Waals surface area contributed by atoms with Crippen LogP contribution in [-0.2, 0) is 33.2 Å². The van der Waals surface area contributed by atoms with E-state index in [1.54, 1.807) is 25.0 Å². The van der Waals surface area contributed by atoms with Crippen LogP contribution in [0.5, 0.6) is 0 Å². The Kier molecular flexibility index (Phi) is 12.6. The van der Waals surface area contributed by atoms with Crippen LogP contribution < -0.4 is 4.90 Å². The van der Waals surface area contributed by atoms with Gasteiger partial charge in [-0.1, -0.05) is 57.7 Å². The highest BCUT2D eigenvalue weighted by Crippen LogP contribution is 2.29. The molecule has 0 aromatic heterocycles. The van der Waals surface area contributed by atoms with Gasteiger partial charge >= 0.3 is 0 Å². The minimum absolute atomic E-state index is 0.116.